The second-order valence-corrected chi connectivity index (χ2v) is 5.51. The number of nitro groups is 1. The summed E-state index contributed by atoms with van der Waals surface area (Å²) in [7, 11) is 0. The number of nitro benzene ring substituents is 1. The molecule has 0 atom stereocenters. The number of nitriles is 1. The normalized spacial score (nSPS) is 10.0. The highest BCUT2D eigenvalue weighted by Gasteiger charge is 2.20. The lowest BCUT2D eigenvalue weighted by atomic mass is 10.2. The van der Waals surface area contributed by atoms with E-state index in [0.717, 1.165) is 0 Å². The largest absolute Gasteiger partial charge is 0.448 e. The highest BCUT2D eigenvalue weighted by Crippen LogP contribution is 2.39. The fourth-order valence-corrected chi connectivity index (χ4v) is 2.52. The molecule has 0 spiro atoms. The van der Waals surface area contributed by atoms with Crippen molar-refractivity contribution >= 4 is 33.2 Å². The molecule has 0 aliphatic heterocycles. The minimum Gasteiger partial charge on any atom is -0.448 e. The van der Waals surface area contributed by atoms with Gasteiger partial charge in [-0.15, -0.1) is 0 Å². The summed E-state index contributed by atoms with van der Waals surface area (Å²) in [5, 5.41) is 20.1. The molecule has 0 amide bonds. The van der Waals surface area contributed by atoms with Gasteiger partial charge in [-0.05, 0) is 36.8 Å². The van der Waals surface area contributed by atoms with Crippen LogP contribution in [0.4, 0.5) is 5.69 Å². The summed E-state index contributed by atoms with van der Waals surface area (Å²) in [5.74, 6) is 0.374. The first-order valence-electron chi connectivity index (χ1n) is 5.74. The van der Waals surface area contributed by atoms with Crippen molar-refractivity contribution < 1.29 is 9.66 Å². The molecule has 21 heavy (non-hydrogen) atoms. The van der Waals surface area contributed by atoms with Gasteiger partial charge in [-0.25, -0.2) is 0 Å². The lowest BCUT2D eigenvalue weighted by Gasteiger charge is -2.11. The van der Waals surface area contributed by atoms with Crippen molar-refractivity contribution in [3.05, 3.63) is 61.1 Å². The van der Waals surface area contributed by atoms with E-state index < -0.39 is 4.92 Å². The molecule has 5 nitrogen and oxygen atoms in total. The predicted molar refractivity (Wildman–Crippen MR) is 81.8 cm³/mol. The smallest absolute Gasteiger partial charge is 0.312 e. The zero-order valence-corrected chi connectivity index (χ0v) is 13.1. The molecule has 0 aliphatic carbocycles. The third kappa shape index (κ3) is 3.32. The van der Waals surface area contributed by atoms with Crippen LogP contribution in [-0.2, 0) is 0 Å². The van der Waals surface area contributed by atoms with Gasteiger partial charge in [0, 0.05) is 10.5 Å². The van der Waals surface area contributed by atoms with Crippen LogP contribution < -0.4 is 4.74 Å². The third-order valence-electron chi connectivity index (χ3n) is 2.69. The molecule has 0 N–H and O–H groups in total. The lowest BCUT2D eigenvalue weighted by molar-refractivity contribution is -0.385. The molecule has 0 bridgehead atoms. The summed E-state index contributed by atoms with van der Waals surface area (Å²) in [6.45, 7) is 1.70. The van der Waals surface area contributed by atoms with Crippen LogP contribution in [0.15, 0.2) is 34.8 Å². The number of hydrogen-bond donors (Lipinski definition) is 0. The summed E-state index contributed by atoms with van der Waals surface area (Å²) in [5.41, 5.74) is 0.813. The number of nitrogens with zero attached hydrogens (tertiary/aromatic N) is 2. The number of hydrogen-bond acceptors (Lipinski definition) is 4. The van der Waals surface area contributed by atoms with E-state index in [2.05, 4.69) is 15.9 Å². The van der Waals surface area contributed by atoms with Crippen LogP contribution in [0.3, 0.4) is 0 Å². The first kappa shape index (κ1) is 15.3. The zero-order valence-electron chi connectivity index (χ0n) is 10.8. The molecule has 7 heteroatoms. The maximum absolute atomic E-state index is 11.1. The molecular formula is C14H8BrClN2O3. The Morgan fingerprint density at radius 1 is 1.38 bits per heavy atom. The number of halogens is 2. The van der Waals surface area contributed by atoms with Gasteiger partial charge in [0.05, 0.1) is 21.6 Å². The van der Waals surface area contributed by atoms with Crippen molar-refractivity contribution in [2.24, 2.45) is 0 Å². The molecular weight excluding hydrogens is 360 g/mol. The van der Waals surface area contributed by atoms with Crippen molar-refractivity contribution in [1.82, 2.24) is 0 Å². The van der Waals surface area contributed by atoms with E-state index in [9.17, 15) is 10.1 Å². The van der Waals surface area contributed by atoms with Crippen LogP contribution >= 0.6 is 27.5 Å². The molecule has 2 rings (SSSR count). The average molecular weight is 368 g/mol. The Bertz CT molecular complexity index is 772. The first-order valence-corrected chi connectivity index (χ1v) is 6.91. The van der Waals surface area contributed by atoms with Gasteiger partial charge in [-0.3, -0.25) is 10.1 Å². The van der Waals surface area contributed by atoms with E-state index in [4.69, 9.17) is 21.6 Å². The Kier molecular flexibility index (Phi) is 4.46. The van der Waals surface area contributed by atoms with Gasteiger partial charge in [0.25, 0.3) is 0 Å². The van der Waals surface area contributed by atoms with Crippen LogP contribution in [0.1, 0.15) is 11.1 Å². The molecule has 2 aromatic rings. The molecule has 0 aliphatic rings. The summed E-state index contributed by atoms with van der Waals surface area (Å²) >= 11 is 9.23. The summed E-state index contributed by atoms with van der Waals surface area (Å²) in [6, 6.07) is 9.50. The quantitative estimate of drug-likeness (QED) is 0.566. The van der Waals surface area contributed by atoms with Gasteiger partial charge in [0.1, 0.15) is 5.75 Å². The second kappa shape index (κ2) is 6.12. The molecule has 0 aromatic heterocycles. The Morgan fingerprint density at radius 2 is 2.10 bits per heavy atom. The highest BCUT2D eigenvalue weighted by molar-refractivity contribution is 9.10. The Morgan fingerprint density at radius 3 is 2.67 bits per heavy atom. The summed E-state index contributed by atoms with van der Waals surface area (Å²) in [4.78, 5) is 10.6. The van der Waals surface area contributed by atoms with E-state index in [1.165, 1.54) is 24.3 Å². The topological polar surface area (TPSA) is 76.2 Å². The van der Waals surface area contributed by atoms with Gasteiger partial charge in [0.2, 0.25) is 5.75 Å². The fourth-order valence-electron chi connectivity index (χ4n) is 1.74. The highest BCUT2D eigenvalue weighted by atomic mass is 79.9. The molecule has 0 heterocycles. The molecule has 0 fully saturated rings. The second-order valence-electron chi connectivity index (χ2n) is 4.19. The predicted octanol–water partition coefficient (Wildman–Crippen LogP) is 4.98. The number of ether oxygens (including phenoxy) is 1. The van der Waals surface area contributed by atoms with Crippen molar-refractivity contribution in [2.75, 3.05) is 0 Å². The number of benzene rings is 2. The maximum atomic E-state index is 11.1. The Labute approximate surface area is 134 Å². The Hall–Kier alpha value is -2.10. The molecule has 2 aromatic carbocycles. The van der Waals surface area contributed by atoms with Gasteiger partial charge >= 0.3 is 5.69 Å². The Balaban J connectivity index is 2.49. The lowest BCUT2D eigenvalue weighted by Crippen LogP contribution is -1.96. The van der Waals surface area contributed by atoms with Crippen LogP contribution in [0, 0.1) is 28.4 Å². The first-order chi connectivity index (χ1) is 9.92. The average Bonchev–Trinajstić information content (AvgIpc) is 2.42. The minimum absolute atomic E-state index is 0.120. The summed E-state index contributed by atoms with van der Waals surface area (Å²) < 4.78 is 6.17. The summed E-state index contributed by atoms with van der Waals surface area (Å²) in [6.07, 6.45) is 0. The molecule has 0 saturated heterocycles. The number of rotatable bonds is 3. The minimum atomic E-state index is -0.523. The third-order valence-corrected chi connectivity index (χ3v) is 3.44. The SMILES string of the molecule is Cc1cc(Br)cc([N+](=O)[O-])c1Oc1ccc(C#N)cc1Cl. The van der Waals surface area contributed by atoms with Crippen molar-refractivity contribution in [2.45, 2.75) is 6.92 Å². The van der Waals surface area contributed by atoms with E-state index in [1.807, 2.05) is 6.07 Å². The molecule has 106 valence electrons. The van der Waals surface area contributed by atoms with E-state index in [1.54, 1.807) is 13.0 Å². The van der Waals surface area contributed by atoms with Gasteiger partial charge in [-0.1, -0.05) is 27.5 Å². The van der Waals surface area contributed by atoms with E-state index in [-0.39, 0.29) is 22.2 Å². The van der Waals surface area contributed by atoms with Crippen LogP contribution in [0.5, 0.6) is 11.5 Å². The van der Waals surface area contributed by atoms with Crippen molar-refractivity contribution in [3.8, 4) is 17.6 Å². The standard InChI is InChI=1S/C14H8BrClN2O3/c1-8-4-10(15)6-12(18(19)20)14(8)21-13-3-2-9(7-17)5-11(13)16/h2-6H,1H3. The number of aryl methyl sites for hydroxylation is 1. The van der Waals surface area contributed by atoms with Gasteiger partial charge < -0.3 is 4.74 Å². The van der Waals surface area contributed by atoms with Crippen LogP contribution in [-0.4, -0.2) is 4.92 Å². The van der Waals surface area contributed by atoms with Crippen molar-refractivity contribution in [3.63, 3.8) is 0 Å². The molecule has 0 radical (unpaired) electrons. The van der Waals surface area contributed by atoms with Crippen LogP contribution in [0.25, 0.3) is 0 Å². The molecule has 0 unspecified atom stereocenters. The van der Waals surface area contributed by atoms with Gasteiger partial charge in [-0.2, -0.15) is 5.26 Å². The van der Waals surface area contributed by atoms with Crippen molar-refractivity contribution in [1.29, 1.82) is 5.26 Å². The van der Waals surface area contributed by atoms with E-state index >= 15 is 0 Å². The van der Waals surface area contributed by atoms with E-state index in [0.29, 0.717) is 15.6 Å². The monoisotopic (exact) mass is 366 g/mol. The molecule has 0 saturated carbocycles. The zero-order chi connectivity index (χ0) is 15.6. The van der Waals surface area contributed by atoms with Gasteiger partial charge in [0.15, 0.2) is 0 Å². The van der Waals surface area contributed by atoms with Crippen LogP contribution in [0.2, 0.25) is 5.02 Å². The maximum Gasteiger partial charge on any atom is 0.312 e. The fraction of sp³-hybridized carbons (Fsp3) is 0.0714.